The number of nitrogens with zero attached hydrogens (tertiary/aromatic N) is 6. The Kier molecular flexibility index (Phi) is 4.24. The van der Waals surface area contributed by atoms with Crippen LogP contribution in [0.2, 0.25) is 0 Å². The molecule has 2 aromatic heterocycles. The Bertz CT molecular complexity index is 738. The number of nitriles is 1. The molecule has 2 N–H and O–H groups in total. The van der Waals surface area contributed by atoms with Gasteiger partial charge in [0.25, 0.3) is 0 Å². The van der Waals surface area contributed by atoms with Crippen molar-refractivity contribution in [3.05, 3.63) is 11.8 Å². The van der Waals surface area contributed by atoms with Gasteiger partial charge in [0.05, 0.1) is 6.20 Å². The Morgan fingerprint density at radius 2 is 2.29 bits per heavy atom. The van der Waals surface area contributed by atoms with Crippen molar-refractivity contribution in [2.45, 2.75) is 6.92 Å². The summed E-state index contributed by atoms with van der Waals surface area (Å²) in [5, 5.41) is 27.4. The zero-order valence-corrected chi connectivity index (χ0v) is 12.4. The van der Waals surface area contributed by atoms with Gasteiger partial charge in [-0.3, -0.25) is 4.79 Å². The molecule has 0 radical (unpaired) electrons. The summed E-state index contributed by atoms with van der Waals surface area (Å²) in [5.74, 6) is 0.635. The lowest BCUT2D eigenvalue weighted by Gasteiger charge is -1.95. The molecule has 0 saturated heterocycles. The number of anilines is 2. The molecular formula is C11H12N8OS. The van der Waals surface area contributed by atoms with Crippen LogP contribution in [0.1, 0.15) is 12.5 Å². The van der Waals surface area contributed by atoms with Crippen molar-refractivity contribution in [2.24, 2.45) is 17.3 Å². The van der Waals surface area contributed by atoms with Gasteiger partial charge in [-0.1, -0.05) is 11.3 Å². The highest BCUT2D eigenvalue weighted by atomic mass is 32.1. The average Bonchev–Trinajstić information content (AvgIpc) is 2.99. The Balaban J connectivity index is 2.32. The summed E-state index contributed by atoms with van der Waals surface area (Å²) in [4.78, 5) is 15.2. The number of thiazole rings is 1. The molecule has 0 unspecified atom stereocenters. The van der Waals surface area contributed by atoms with E-state index in [2.05, 4.69) is 30.9 Å². The first-order valence-corrected chi connectivity index (χ1v) is 6.66. The molecule has 0 spiro atoms. The van der Waals surface area contributed by atoms with Crippen LogP contribution < -0.4 is 10.6 Å². The molecular weight excluding hydrogens is 292 g/mol. The highest BCUT2D eigenvalue weighted by Gasteiger charge is 2.12. The molecule has 2 rings (SSSR count). The lowest BCUT2D eigenvalue weighted by Crippen LogP contribution is -2.05. The minimum absolute atomic E-state index is 0.215. The van der Waals surface area contributed by atoms with E-state index in [0.29, 0.717) is 27.3 Å². The number of carbonyl (C=O) groups excluding carboxylic acids is 1. The zero-order chi connectivity index (χ0) is 15.4. The van der Waals surface area contributed by atoms with Gasteiger partial charge in [-0.15, -0.1) is 10.2 Å². The Morgan fingerprint density at radius 3 is 2.90 bits per heavy atom. The highest BCUT2D eigenvalue weighted by molar-refractivity contribution is 7.20. The highest BCUT2D eigenvalue weighted by Crippen LogP contribution is 2.36. The molecule has 10 heteroatoms. The second kappa shape index (κ2) is 6.10. The largest absolute Gasteiger partial charge is 0.370 e. The minimum atomic E-state index is -0.215. The molecule has 2 heterocycles. The molecule has 0 aliphatic heterocycles. The van der Waals surface area contributed by atoms with E-state index in [1.165, 1.54) is 29.1 Å². The topological polar surface area (TPSA) is 120 Å². The minimum Gasteiger partial charge on any atom is -0.370 e. The molecule has 0 atom stereocenters. The maximum absolute atomic E-state index is 11.0. The van der Waals surface area contributed by atoms with Crippen LogP contribution in [0.25, 0.3) is 0 Å². The van der Waals surface area contributed by atoms with Crippen molar-refractivity contribution >= 4 is 39.0 Å². The number of nitrogens with one attached hydrogen (secondary N) is 2. The molecule has 0 bridgehead atoms. The molecule has 108 valence electrons. The van der Waals surface area contributed by atoms with Crippen LogP contribution >= 0.6 is 11.3 Å². The zero-order valence-electron chi connectivity index (χ0n) is 11.6. The van der Waals surface area contributed by atoms with E-state index in [4.69, 9.17) is 5.26 Å². The molecule has 0 fully saturated rings. The molecule has 0 saturated carbocycles. The number of rotatable bonds is 4. The van der Waals surface area contributed by atoms with Gasteiger partial charge < -0.3 is 10.6 Å². The summed E-state index contributed by atoms with van der Waals surface area (Å²) in [6.07, 6.45) is 1.42. The Morgan fingerprint density at radius 1 is 1.52 bits per heavy atom. The lowest BCUT2D eigenvalue weighted by molar-refractivity contribution is -0.114. The second-order valence-corrected chi connectivity index (χ2v) is 4.90. The predicted molar refractivity (Wildman–Crippen MR) is 78.1 cm³/mol. The second-order valence-electron chi connectivity index (χ2n) is 3.92. The maximum atomic E-state index is 11.0. The number of hydrogen-bond acceptors (Lipinski definition) is 8. The van der Waals surface area contributed by atoms with Gasteiger partial charge in [0.15, 0.2) is 21.8 Å². The van der Waals surface area contributed by atoms with Crippen molar-refractivity contribution in [3.63, 3.8) is 0 Å². The van der Waals surface area contributed by atoms with Crippen LogP contribution in [0.3, 0.4) is 0 Å². The molecule has 2 aromatic rings. The Hall–Kier alpha value is -2.80. The van der Waals surface area contributed by atoms with Gasteiger partial charge in [-0.25, -0.2) is 9.67 Å². The summed E-state index contributed by atoms with van der Waals surface area (Å²) < 4.78 is 1.46. The Labute approximate surface area is 124 Å². The monoisotopic (exact) mass is 304 g/mol. The van der Waals surface area contributed by atoms with Crippen LogP contribution in [0, 0.1) is 11.3 Å². The summed E-state index contributed by atoms with van der Waals surface area (Å²) in [6, 6.07) is 1.99. The van der Waals surface area contributed by atoms with Crippen LogP contribution in [-0.2, 0) is 11.8 Å². The fourth-order valence-corrected chi connectivity index (χ4v) is 2.31. The SMILES string of the molecule is CNc1nc(NC(C)=O)sc1N=Nc1c(C#N)cnn1C. The molecule has 0 aromatic carbocycles. The first-order chi connectivity index (χ1) is 10.0. The van der Waals surface area contributed by atoms with E-state index in [0.717, 1.165) is 0 Å². The van der Waals surface area contributed by atoms with Crippen LogP contribution in [0.4, 0.5) is 21.8 Å². The van der Waals surface area contributed by atoms with Gasteiger partial charge in [0, 0.05) is 21.0 Å². The van der Waals surface area contributed by atoms with Gasteiger partial charge in [0.2, 0.25) is 5.91 Å². The van der Waals surface area contributed by atoms with E-state index in [1.807, 2.05) is 6.07 Å². The third-order valence-corrected chi connectivity index (χ3v) is 3.25. The number of hydrogen-bond donors (Lipinski definition) is 2. The summed E-state index contributed by atoms with van der Waals surface area (Å²) >= 11 is 1.18. The van der Waals surface area contributed by atoms with Gasteiger partial charge >= 0.3 is 0 Å². The fraction of sp³-hybridized carbons (Fsp3) is 0.273. The molecule has 9 nitrogen and oxygen atoms in total. The quantitative estimate of drug-likeness (QED) is 0.838. The number of amides is 1. The van der Waals surface area contributed by atoms with E-state index >= 15 is 0 Å². The first-order valence-electron chi connectivity index (χ1n) is 5.85. The van der Waals surface area contributed by atoms with Gasteiger partial charge in [-0.2, -0.15) is 10.4 Å². The standard InChI is InChI=1S/C11H12N8OS/c1-6(20)15-11-16-8(13-2)10(21-11)18-17-9-7(4-12)5-14-19(9)3/h5,13H,1-3H3,(H,15,16,20). The summed E-state index contributed by atoms with van der Waals surface area (Å²) in [7, 11) is 3.36. The molecule has 1 amide bonds. The number of carbonyl (C=O) groups is 1. The maximum Gasteiger partial charge on any atom is 0.223 e. The van der Waals surface area contributed by atoms with E-state index < -0.39 is 0 Å². The third kappa shape index (κ3) is 3.21. The summed E-state index contributed by atoms with van der Waals surface area (Å²) in [6.45, 7) is 1.40. The predicted octanol–water partition coefficient (Wildman–Crippen LogP) is 2.16. The van der Waals surface area contributed by atoms with Gasteiger partial charge in [0.1, 0.15) is 11.6 Å². The van der Waals surface area contributed by atoms with Crippen molar-refractivity contribution in [1.29, 1.82) is 5.26 Å². The number of azo groups is 1. The van der Waals surface area contributed by atoms with E-state index in [9.17, 15) is 4.79 Å². The molecule has 0 aliphatic carbocycles. The van der Waals surface area contributed by atoms with Crippen molar-refractivity contribution in [2.75, 3.05) is 17.7 Å². The van der Waals surface area contributed by atoms with Crippen LogP contribution in [-0.4, -0.2) is 27.7 Å². The number of aromatic nitrogens is 3. The molecule has 0 aliphatic rings. The molecule has 21 heavy (non-hydrogen) atoms. The average molecular weight is 304 g/mol. The van der Waals surface area contributed by atoms with Crippen molar-refractivity contribution in [1.82, 2.24) is 14.8 Å². The van der Waals surface area contributed by atoms with E-state index in [1.54, 1.807) is 14.1 Å². The van der Waals surface area contributed by atoms with Crippen LogP contribution in [0.5, 0.6) is 0 Å². The lowest BCUT2D eigenvalue weighted by atomic mass is 10.4. The first kappa shape index (κ1) is 14.6. The van der Waals surface area contributed by atoms with E-state index in [-0.39, 0.29) is 5.91 Å². The smallest absolute Gasteiger partial charge is 0.223 e. The van der Waals surface area contributed by atoms with Crippen molar-refractivity contribution < 1.29 is 4.79 Å². The fourth-order valence-electron chi connectivity index (χ4n) is 1.47. The van der Waals surface area contributed by atoms with Crippen LogP contribution in [0.15, 0.2) is 16.4 Å². The summed E-state index contributed by atoms with van der Waals surface area (Å²) in [5.41, 5.74) is 0.332. The normalized spacial score (nSPS) is 10.6. The number of aryl methyl sites for hydroxylation is 1. The van der Waals surface area contributed by atoms with Crippen molar-refractivity contribution in [3.8, 4) is 6.07 Å². The van der Waals surface area contributed by atoms with Gasteiger partial charge in [-0.05, 0) is 0 Å². The third-order valence-electron chi connectivity index (χ3n) is 2.39.